The van der Waals surface area contributed by atoms with Crippen LogP contribution in [0.2, 0.25) is 0 Å². The molecule has 22 heavy (non-hydrogen) atoms. The number of benzene rings is 2. The van der Waals surface area contributed by atoms with E-state index < -0.39 is 4.92 Å². The first-order chi connectivity index (χ1) is 10.6. The van der Waals surface area contributed by atoms with Gasteiger partial charge in [-0.25, -0.2) is 9.97 Å². The predicted octanol–water partition coefficient (Wildman–Crippen LogP) is 3.90. The van der Waals surface area contributed by atoms with Gasteiger partial charge in [-0.3, -0.25) is 10.1 Å². The van der Waals surface area contributed by atoms with Gasteiger partial charge in [-0.2, -0.15) is 0 Å². The third-order valence-electron chi connectivity index (χ3n) is 3.69. The molecular weight excluding hydrogens is 280 g/mol. The van der Waals surface area contributed by atoms with Crippen LogP contribution in [0.5, 0.6) is 0 Å². The van der Waals surface area contributed by atoms with E-state index in [4.69, 9.17) is 0 Å². The molecule has 0 saturated carbocycles. The number of anilines is 2. The Morgan fingerprint density at radius 1 is 1.14 bits per heavy atom. The van der Waals surface area contributed by atoms with E-state index in [-0.39, 0.29) is 5.69 Å². The van der Waals surface area contributed by atoms with Crippen molar-refractivity contribution in [3.8, 4) is 0 Å². The maximum Gasteiger partial charge on any atom is 0.271 e. The summed E-state index contributed by atoms with van der Waals surface area (Å²) in [6.45, 7) is 4.08. The second-order valence-electron chi connectivity index (χ2n) is 5.05. The summed E-state index contributed by atoms with van der Waals surface area (Å²) in [5, 5.41) is 14.9. The maximum absolute atomic E-state index is 10.8. The van der Waals surface area contributed by atoms with Crippen molar-refractivity contribution in [1.29, 1.82) is 0 Å². The number of non-ortho nitro benzene ring substituents is 1. The fourth-order valence-electron chi connectivity index (χ4n) is 2.27. The number of hydrogen-bond acceptors (Lipinski definition) is 5. The standard InChI is InChI=1S/C16H14N4O2/c1-10-4-3-5-14(11(10)2)19-16-13-7-6-12(20(21)22)8-15(13)17-9-18-16/h3-9H,1-2H3,(H,17,18,19). The molecule has 0 unspecified atom stereocenters. The molecule has 0 saturated heterocycles. The second kappa shape index (κ2) is 5.40. The van der Waals surface area contributed by atoms with Crippen LogP contribution in [0, 0.1) is 24.0 Å². The molecule has 6 nitrogen and oxygen atoms in total. The monoisotopic (exact) mass is 294 g/mol. The van der Waals surface area contributed by atoms with E-state index in [1.165, 1.54) is 24.0 Å². The van der Waals surface area contributed by atoms with Crippen molar-refractivity contribution in [2.45, 2.75) is 13.8 Å². The van der Waals surface area contributed by atoms with Crippen LogP contribution in [0.4, 0.5) is 17.2 Å². The lowest BCUT2D eigenvalue weighted by atomic mass is 10.1. The van der Waals surface area contributed by atoms with Gasteiger partial charge >= 0.3 is 0 Å². The number of nitro groups is 1. The lowest BCUT2D eigenvalue weighted by molar-refractivity contribution is -0.384. The van der Waals surface area contributed by atoms with Crippen molar-refractivity contribution < 1.29 is 4.92 Å². The molecule has 110 valence electrons. The van der Waals surface area contributed by atoms with Gasteiger partial charge in [0.2, 0.25) is 0 Å². The first-order valence-corrected chi connectivity index (χ1v) is 6.78. The van der Waals surface area contributed by atoms with Crippen molar-refractivity contribution in [1.82, 2.24) is 9.97 Å². The highest BCUT2D eigenvalue weighted by molar-refractivity contribution is 5.92. The molecule has 0 fully saturated rings. The fourth-order valence-corrected chi connectivity index (χ4v) is 2.27. The van der Waals surface area contributed by atoms with E-state index in [1.54, 1.807) is 6.07 Å². The highest BCUT2D eigenvalue weighted by atomic mass is 16.6. The van der Waals surface area contributed by atoms with Crippen LogP contribution < -0.4 is 5.32 Å². The van der Waals surface area contributed by atoms with Crippen LogP contribution in [0.3, 0.4) is 0 Å². The summed E-state index contributed by atoms with van der Waals surface area (Å²) in [6.07, 6.45) is 1.40. The average molecular weight is 294 g/mol. The molecule has 0 atom stereocenters. The topological polar surface area (TPSA) is 81.0 Å². The molecule has 0 aliphatic rings. The smallest absolute Gasteiger partial charge is 0.271 e. The number of hydrogen-bond donors (Lipinski definition) is 1. The van der Waals surface area contributed by atoms with Gasteiger partial charge in [0.25, 0.3) is 5.69 Å². The number of nitrogens with zero attached hydrogens (tertiary/aromatic N) is 3. The van der Waals surface area contributed by atoms with E-state index in [2.05, 4.69) is 15.3 Å². The summed E-state index contributed by atoms with van der Waals surface area (Å²) in [5.41, 5.74) is 3.83. The Morgan fingerprint density at radius 2 is 1.95 bits per heavy atom. The van der Waals surface area contributed by atoms with Gasteiger partial charge in [-0.1, -0.05) is 12.1 Å². The van der Waals surface area contributed by atoms with E-state index in [9.17, 15) is 10.1 Å². The van der Waals surface area contributed by atoms with Crippen molar-refractivity contribution in [3.63, 3.8) is 0 Å². The summed E-state index contributed by atoms with van der Waals surface area (Å²) in [5.74, 6) is 0.633. The van der Waals surface area contributed by atoms with Gasteiger partial charge < -0.3 is 5.32 Å². The van der Waals surface area contributed by atoms with Crippen LogP contribution in [0.15, 0.2) is 42.7 Å². The maximum atomic E-state index is 10.8. The van der Waals surface area contributed by atoms with Crippen molar-refractivity contribution >= 4 is 28.1 Å². The Bertz CT molecular complexity index is 877. The highest BCUT2D eigenvalue weighted by Gasteiger charge is 2.11. The Kier molecular flexibility index (Phi) is 3.42. The SMILES string of the molecule is Cc1cccc(Nc2ncnc3cc([N+](=O)[O-])ccc23)c1C. The Labute approximate surface area is 127 Å². The Morgan fingerprint density at radius 3 is 2.73 bits per heavy atom. The largest absolute Gasteiger partial charge is 0.339 e. The normalized spacial score (nSPS) is 10.6. The molecule has 0 amide bonds. The number of nitro benzene ring substituents is 1. The third-order valence-corrected chi connectivity index (χ3v) is 3.69. The van der Waals surface area contributed by atoms with E-state index in [0.717, 1.165) is 16.6 Å². The van der Waals surface area contributed by atoms with Gasteiger partial charge in [0, 0.05) is 23.2 Å². The number of aromatic nitrogens is 2. The lowest BCUT2D eigenvalue weighted by Crippen LogP contribution is -1.99. The van der Waals surface area contributed by atoms with E-state index >= 15 is 0 Å². The Balaban J connectivity index is 2.08. The quantitative estimate of drug-likeness (QED) is 0.585. The molecule has 0 radical (unpaired) electrons. The molecule has 1 aromatic heterocycles. The van der Waals surface area contributed by atoms with Gasteiger partial charge in [0.1, 0.15) is 12.1 Å². The molecule has 0 bridgehead atoms. The third kappa shape index (κ3) is 2.46. The zero-order valence-corrected chi connectivity index (χ0v) is 12.2. The average Bonchev–Trinajstić information content (AvgIpc) is 2.51. The minimum Gasteiger partial charge on any atom is -0.339 e. The van der Waals surface area contributed by atoms with Crippen LogP contribution in [0.1, 0.15) is 11.1 Å². The number of fused-ring (bicyclic) bond motifs is 1. The highest BCUT2D eigenvalue weighted by Crippen LogP contribution is 2.28. The summed E-state index contributed by atoms with van der Waals surface area (Å²) in [7, 11) is 0. The van der Waals surface area contributed by atoms with Crippen molar-refractivity contribution in [2.24, 2.45) is 0 Å². The molecule has 1 heterocycles. The Hall–Kier alpha value is -3.02. The van der Waals surface area contributed by atoms with Crippen LogP contribution in [-0.4, -0.2) is 14.9 Å². The minimum atomic E-state index is -0.431. The number of rotatable bonds is 3. The van der Waals surface area contributed by atoms with Crippen LogP contribution in [-0.2, 0) is 0 Å². The molecule has 0 aliphatic carbocycles. The molecule has 6 heteroatoms. The number of nitrogens with one attached hydrogen (secondary N) is 1. The molecule has 3 aromatic rings. The van der Waals surface area contributed by atoms with Gasteiger partial charge in [-0.15, -0.1) is 0 Å². The zero-order valence-electron chi connectivity index (χ0n) is 12.2. The molecule has 3 rings (SSSR count). The summed E-state index contributed by atoms with van der Waals surface area (Å²) < 4.78 is 0. The molecular formula is C16H14N4O2. The summed E-state index contributed by atoms with van der Waals surface area (Å²) >= 11 is 0. The lowest BCUT2D eigenvalue weighted by Gasteiger charge is -2.12. The van der Waals surface area contributed by atoms with Crippen molar-refractivity contribution in [2.75, 3.05) is 5.32 Å². The first kappa shape index (κ1) is 13.9. The van der Waals surface area contributed by atoms with Gasteiger partial charge in [0.05, 0.1) is 10.4 Å². The second-order valence-corrected chi connectivity index (χ2v) is 5.05. The molecule has 0 spiro atoms. The van der Waals surface area contributed by atoms with E-state index in [0.29, 0.717) is 11.3 Å². The van der Waals surface area contributed by atoms with Crippen LogP contribution >= 0.6 is 0 Å². The van der Waals surface area contributed by atoms with E-state index in [1.807, 2.05) is 32.0 Å². The summed E-state index contributed by atoms with van der Waals surface area (Å²) in [6, 6.07) is 10.6. The molecule has 2 aromatic carbocycles. The number of aryl methyl sites for hydroxylation is 1. The predicted molar refractivity (Wildman–Crippen MR) is 85.4 cm³/mol. The summed E-state index contributed by atoms with van der Waals surface area (Å²) in [4.78, 5) is 18.8. The van der Waals surface area contributed by atoms with Crippen molar-refractivity contribution in [3.05, 3.63) is 64.0 Å². The van der Waals surface area contributed by atoms with Gasteiger partial charge in [0.15, 0.2) is 0 Å². The fraction of sp³-hybridized carbons (Fsp3) is 0.125. The molecule has 1 N–H and O–H groups in total. The minimum absolute atomic E-state index is 0.0175. The molecule has 0 aliphatic heterocycles. The zero-order chi connectivity index (χ0) is 15.7. The first-order valence-electron chi connectivity index (χ1n) is 6.78. The van der Waals surface area contributed by atoms with Gasteiger partial charge in [-0.05, 0) is 37.1 Å². The van der Waals surface area contributed by atoms with Crippen LogP contribution in [0.25, 0.3) is 10.9 Å².